The van der Waals surface area contributed by atoms with Crippen LogP contribution in [0.4, 0.5) is 11.5 Å². The molecule has 0 aliphatic carbocycles. The third-order valence-electron chi connectivity index (χ3n) is 4.07. The molecule has 0 radical (unpaired) electrons. The molecular weight excluding hydrogens is 372 g/mol. The Bertz CT molecular complexity index is 845. The van der Waals surface area contributed by atoms with Gasteiger partial charge in [0, 0.05) is 29.8 Å². The predicted octanol–water partition coefficient (Wildman–Crippen LogP) is 2.56. The van der Waals surface area contributed by atoms with Crippen LogP contribution in [0.2, 0.25) is 0 Å². The molecule has 0 atom stereocenters. The number of ether oxygens (including phenoxy) is 1. The fourth-order valence-corrected chi connectivity index (χ4v) is 3.21. The lowest BCUT2D eigenvalue weighted by Gasteiger charge is -2.31. The highest BCUT2D eigenvalue weighted by Crippen LogP contribution is 2.27. The second-order valence-electron chi connectivity index (χ2n) is 5.55. The average Bonchev–Trinajstić information content (AvgIpc) is 3.11. The van der Waals surface area contributed by atoms with Crippen molar-refractivity contribution >= 4 is 38.6 Å². The second kappa shape index (κ2) is 6.74. The summed E-state index contributed by atoms with van der Waals surface area (Å²) in [5.41, 5.74) is 3.92. The van der Waals surface area contributed by atoms with Gasteiger partial charge in [0.05, 0.1) is 19.5 Å². The van der Waals surface area contributed by atoms with E-state index in [0.717, 1.165) is 42.1 Å². The summed E-state index contributed by atoms with van der Waals surface area (Å²) in [6.45, 7) is 4.01. The molecule has 0 unspecified atom stereocenters. The number of halogens is 1. The van der Waals surface area contributed by atoms with Gasteiger partial charge in [-0.3, -0.25) is 0 Å². The fraction of sp³-hybridized carbons (Fsp3) is 0.312. The van der Waals surface area contributed by atoms with Gasteiger partial charge in [-0.25, -0.2) is 15.0 Å². The summed E-state index contributed by atoms with van der Waals surface area (Å²) < 4.78 is 6.54. The monoisotopic (exact) mass is 388 g/mol. The van der Waals surface area contributed by atoms with Gasteiger partial charge in [0.25, 0.3) is 0 Å². The molecule has 4 rings (SSSR count). The van der Waals surface area contributed by atoms with Crippen LogP contribution in [-0.4, -0.2) is 46.2 Å². The molecule has 8 heteroatoms. The number of fused-ring (bicyclic) bond motifs is 1. The third kappa shape index (κ3) is 3.07. The number of benzene rings is 1. The van der Waals surface area contributed by atoms with Crippen LogP contribution in [0, 0.1) is 0 Å². The zero-order chi connectivity index (χ0) is 16.4. The van der Waals surface area contributed by atoms with Crippen molar-refractivity contribution in [1.82, 2.24) is 19.9 Å². The summed E-state index contributed by atoms with van der Waals surface area (Å²) in [5, 5.41) is 3.39. The minimum atomic E-state index is 0.664. The van der Waals surface area contributed by atoms with E-state index in [1.807, 2.05) is 0 Å². The van der Waals surface area contributed by atoms with Gasteiger partial charge in [0.2, 0.25) is 0 Å². The minimum Gasteiger partial charge on any atom is -0.378 e. The van der Waals surface area contributed by atoms with Gasteiger partial charge in [-0.15, -0.1) is 0 Å². The van der Waals surface area contributed by atoms with E-state index in [9.17, 15) is 0 Å². The van der Waals surface area contributed by atoms with E-state index >= 15 is 0 Å². The summed E-state index contributed by atoms with van der Waals surface area (Å²) in [6, 6.07) is 6.36. The molecule has 24 heavy (non-hydrogen) atoms. The number of rotatable bonds is 4. The van der Waals surface area contributed by atoms with Gasteiger partial charge >= 0.3 is 0 Å². The Balaban J connectivity index is 1.59. The highest BCUT2D eigenvalue weighted by Gasteiger charge is 2.15. The highest BCUT2D eigenvalue weighted by molar-refractivity contribution is 9.10. The zero-order valence-electron chi connectivity index (χ0n) is 13.0. The van der Waals surface area contributed by atoms with Gasteiger partial charge in [-0.1, -0.05) is 22.0 Å². The first-order valence-corrected chi connectivity index (χ1v) is 8.59. The molecule has 1 saturated heterocycles. The number of anilines is 2. The van der Waals surface area contributed by atoms with Crippen molar-refractivity contribution < 1.29 is 4.74 Å². The Morgan fingerprint density at radius 2 is 2.08 bits per heavy atom. The molecule has 0 bridgehead atoms. The Kier molecular flexibility index (Phi) is 4.31. The summed E-state index contributed by atoms with van der Waals surface area (Å²) in [7, 11) is 0. The van der Waals surface area contributed by atoms with Crippen molar-refractivity contribution in [3.05, 3.63) is 40.9 Å². The molecule has 3 aromatic rings. The number of nitrogens with one attached hydrogen (secondary N) is 2. The minimum absolute atomic E-state index is 0.664. The lowest BCUT2D eigenvalue weighted by atomic mass is 10.1. The van der Waals surface area contributed by atoms with E-state index in [4.69, 9.17) is 4.74 Å². The molecule has 1 aromatic carbocycles. The van der Waals surface area contributed by atoms with Crippen LogP contribution in [0.5, 0.6) is 0 Å². The van der Waals surface area contributed by atoms with E-state index in [1.165, 1.54) is 17.6 Å². The molecule has 2 aromatic heterocycles. The maximum absolute atomic E-state index is 5.46. The number of H-pyrrole nitrogens is 1. The molecular formula is C16H17BrN6O. The van der Waals surface area contributed by atoms with Crippen molar-refractivity contribution in [1.29, 1.82) is 0 Å². The number of aromatic amines is 1. The smallest absolute Gasteiger partial charge is 0.182 e. The first-order chi connectivity index (χ1) is 11.8. The van der Waals surface area contributed by atoms with E-state index in [-0.39, 0.29) is 0 Å². The predicted molar refractivity (Wildman–Crippen MR) is 96.2 cm³/mol. The average molecular weight is 389 g/mol. The lowest BCUT2D eigenvalue weighted by molar-refractivity contribution is 0.122. The zero-order valence-corrected chi connectivity index (χ0v) is 14.6. The van der Waals surface area contributed by atoms with Gasteiger partial charge in [-0.2, -0.15) is 0 Å². The molecule has 1 aliphatic rings. The molecule has 1 fully saturated rings. The Morgan fingerprint density at radius 3 is 2.96 bits per heavy atom. The van der Waals surface area contributed by atoms with Crippen molar-refractivity contribution in [2.24, 2.45) is 0 Å². The van der Waals surface area contributed by atoms with Crippen LogP contribution in [0.3, 0.4) is 0 Å². The van der Waals surface area contributed by atoms with E-state index in [2.05, 4.69) is 64.3 Å². The van der Waals surface area contributed by atoms with Gasteiger partial charge in [-0.05, 0) is 17.7 Å². The van der Waals surface area contributed by atoms with Gasteiger partial charge in [0.1, 0.15) is 11.8 Å². The van der Waals surface area contributed by atoms with Crippen LogP contribution < -0.4 is 10.2 Å². The Morgan fingerprint density at radius 1 is 1.21 bits per heavy atom. The topological polar surface area (TPSA) is 79.0 Å². The first-order valence-electron chi connectivity index (χ1n) is 7.80. The SMILES string of the molecule is Brc1ccc(CNc2ncnc3nc[nH]c23)c(N2CCOCC2)c1. The van der Waals surface area contributed by atoms with E-state index in [1.54, 1.807) is 6.33 Å². The third-order valence-corrected chi connectivity index (χ3v) is 4.56. The quantitative estimate of drug-likeness (QED) is 0.714. The number of nitrogens with zero attached hydrogens (tertiary/aromatic N) is 4. The number of morpholine rings is 1. The Labute approximate surface area is 147 Å². The molecule has 3 heterocycles. The number of hydrogen-bond acceptors (Lipinski definition) is 6. The van der Waals surface area contributed by atoms with Gasteiger partial charge < -0.3 is 19.9 Å². The van der Waals surface area contributed by atoms with Crippen LogP contribution in [0.25, 0.3) is 11.2 Å². The summed E-state index contributed by atoms with van der Waals surface area (Å²) in [6.07, 6.45) is 3.15. The molecule has 0 spiro atoms. The van der Waals surface area contributed by atoms with Crippen LogP contribution in [0.15, 0.2) is 35.3 Å². The highest BCUT2D eigenvalue weighted by atomic mass is 79.9. The van der Waals surface area contributed by atoms with Gasteiger partial charge in [0.15, 0.2) is 11.5 Å². The molecule has 124 valence electrons. The van der Waals surface area contributed by atoms with Crippen molar-refractivity contribution in [2.75, 3.05) is 36.5 Å². The maximum atomic E-state index is 5.46. The second-order valence-corrected chi connectivity index (χ2v) is 6.47. The molecule has 7 nitrogen and oxygen atoms in total. The van der Waals surface area contributed by atoms with E-state index in [0.29, 0.717) is 12.2 Å². The van der Waals surface area contributed by atoms with Crippen LogP contribution in [0.1, 0.15) is 5.56 Å². The number of aromatic nitrogens is 4. The summed E-state index contributed by atoms with van der Waals surface area (Å²) in [4.78, 5) is 18.1. The summed E-state index contributed by atoms with van der Waals surface area (Å²) in [5.74, 6) is 0.758. The molecule has 0 amide bonds. The van der Waals surface area contributed by atoms with Crippen molar-refractivity contribution in [3.8, 4) is 0 Å². The number of hydrogen-bond donors (Lipinski definition) is 2. The fourth-order valence-electron chi connectivity index (χ4n) is 2.86. The first kappa shape index (κ1) is 15.3. The van der Waals surface area contributed by atoms with Crippen molar-refractivity contribution in [2.45, 2.75) is 6.54 Å². The van der Waals surface area contributed by atoms with Crippen LogP contribution >= 0.6 is 15.9 Å². The standard InChI is InChI=1S/C16H17BrN6O/c17-12-2-1-11(13(7-12)23-3-5-24-6-4-23)8-18-15-14-16(20-9-19-14)22-10-21-15/h1-2,7,9-10H,3-6,8H2,(H2,18,19,20,21,22). The van der Waals surface area contributed by atoms with E-state index < -0.39 is 0 Å². The number of imidazole rings is 1. The largest absolute Gasteiger partial charge is 0.378 e. The Hall–Kier alpha value is -2.19. The van der Waals surface area contributed by atoms with Crippen LogP contribution in [-0.2, 0) is 11.3 Å². The van der Waals surface area contributed by atoms with Crippen molar-refractivity contribution in [3.63, 3.8) is 0 Å². The lowest BCUT2D eigenvalue weighted by Crippen LogP contribution is -2.36. The molecule has 0 saturated carbocycles. The molecule has 1 aliphatic heterocycles. The molecule has 2 N–H and O–H groups in total. The normalized spacial score (nSPS) is 15.0. The summed E-state index contributed by atoms with van der Waals surface area (Å²) >= 11 is 3.57. The maximum Gasteiger partial charge on any atom is 0.182 e.